The van der Waals surface area contributed by atoms with Crippen molar-refractivity contribution in [3.8, 4) is 0 Å². The number of hydrogen-bond acceptors (Lipinski definition) is 4. The van der Waals surface area contributed by atoms with Crippen LogP contribution in [0.3, 0.4) is 0 Å². The lowest BCUT2D eigenvalue weighted by Gasteiger charge is -2.33. The maximum atomic E-state index is 14.0. The minimum atomic E-state index is -5.04. The number of hydrogen-bond donors (Lipinski definition) is 1. The van der Waals surface area contributed by atoms with Crippen molar-refractivity contribution in [2.24, 2.45) is 4.99 Å². The number of amides is 2. The van der Waals surface area contributed by atoms with Gasteiger partial charge in [0.25, 0.3) is 11.8 Å². The largest absolute Gasteiger partial charge is 0.419 e. The van der Waals surface area contributed by atoms with E-state index in [1.165, 1.54) is 4.90 Å². The van der Waals surface area contributed by atoms with Crippen LogP contribution in [0.25, 0.3) is 0 Å². The fourth-order valence-corrected chi connectivity index (χ4v) is 5.00. The Morgan fingerprint density at radius 2 is 1.78 bits per heavy atom. The first-order valence-corrected chi connectivity index (χ1v) is 11.7. The number of benzene rings is 1. The normalized spacial score (nSPS) is 18.1. The van der Waals surface area contributed by atoms with Gasteiger partial charge in [-0.15, -0.1) is 0 Å². The number of fused-ring (bicyclic) bond motifs is 1. The highest BCUT2D eigenvalue weighted by Crippen LogP contribution is 2.41. The van der Waals surface area contributed by atoms with Gasteiger partial charge in [0, 0.05) is 24.9 Å². The van der Waals surface area contributed by atoms with Gasteiger partial charge in [-0.25, -0.2) is 8.78 Å². The maximum Gasteiger partial charge on any atom is 0.419 e. The molecule has 0 spiro atoms. The van der Waals surface area contributed by atoms with Crippen LogP contribution < -0.4 is 0 Å². The van der Waals surface area contributed by atoms with Crippen LogP contribution in [0, 0.1) is 11.6 Å². The van der Waals surface area contributed by atoms with Crippen LogP contribution in [0.5, 0.6) is 0 Å². The van der Waals surface area contributed by atoms with E-state index in [2.05, 4.69) is 15.2 Å². The van der Waals surface area contributed by atoms with Crippen LogP contribution in [0.15, 0.2) is 41.1 Å². The van der Waals surface area contributed by atoms with Gasteiger partial charge in [0.1, 0.15) is 5.70 Å². The molecule has 5 rings (SSSR count). The highest BCUT2D eigenvalue weighted by Gasteiger charge is 2.41. The first-order valence-electron chi connectivity index (χ1n) is 11.7. The number of H-pyrrole nitrogens is 1. The first-order chi connectivity index (χ1) is 17.6. The molecule has 1 aromatic carbocycles. The van der Waals surface area contributed by atoms with Gasteiger partial charge < -0.3 is 9.80 Å². The van der Waals surface area contributed by atoms with Crippen molar-refractivity contribution in [3.05, 3.63) is 75.8 Å². The van der Waals surface area contributed by atoms with Gasteiger partial charge in [-0.1, -0.05) is 12.1 Å². The summed E-state index contributed by atoms with van der Waals surface area (Å²) in [5.74, 6) is -4.81. The van der Waals surface area contributed by atoms with Crippen molar-refractivity contribution in [1.29, 1.82) is 0 Å². The number of aromatic amines is 1. The van der Waals surface area contributed by atoms with Crippen molar-refractivity contribution >= 4 is 18.0 Å². The minimum absolute atomic E-state index is 0.124. The smallest absolute Gasteiger partial charge is 0.337 e. The zero-order valence-corrected chi connectivity index (χ0v) is 19.5. The summed E-state index contributed by atoms with van der Waals surface area (Å²) < 4.78 is 68.0. The predicted molar refractivity (Wildman–Crippen MR) is 122 cm³/mol. The molecular formula is C25H22F5N5O2. The monoisotopic (exact) mass is 519 g/mol. The van der Waals surface area contributed by atoms with Crippen LogP contribution in [0.1, 0.15) is 58.1 Å². The Hall–Kier alpha value is -3.83. The average Bonchev–Trinajstić information content (AvgIpc) is 3.34. The average molecular weight is 519 g/mol. The molecule has 1 fully saturated rings. The van der Waals surface area contributed by atoms with Crippen LogP contribution in [-0.4, -0.2) is 51.1 Å². The molecule has 4 heterocycles. The van der Waals surface area contributed by atoms with Crippen LogP contribution in [-0.2, 0) is 24.1 Å². The quantitative estimate of drug-likeness (QED) is 0.608. The van der Waals surface area contributed by atoms with Crippen LogP contribution >= 0.6 is 0 Å². The van der Waals surface area contributed by atoms with Crippen molar-refractivity contribution in [2.45, 2.75) is 44.4 Å². The van der Waals surface area contributed by atoms with Crippen molar-refractivity contribution in [2.75, 3.05) is 13.1 Å². The van der Waals surface area contributed by atoms with Crippen LogP contribution in [0.2, 0.25) is 0 Å². The van der Waals surface area contributed by atoms with E-state index in [9.17, 15) is 31.5 Å². The molecule has 0 radical (unpaired) electrons. The molecule has 0 aliphatic carbocycles. The first kappa shape index (κ1) is 24.8. The van der Waals surface area contributed by atoms with Crippen molar-refractivity contribution in [3.63, 3.8) is 0 Å². The summed E-state index contributed by atoms with van der Waals surface area (Å²) in [6, 6.07) is 1.67. The van der Waals surface area contributed by atoms with Gasteiger partial charge in [0.2, 0.25) is 0 Å². The molecule has 3 aliphatic rings. The summed E-state index contributed by atoms with van der Waals surface area (Å²) in [5.41, 5.74) is -0.188. The lowest BCUT2D eigenvalue weighted by atomic mass is 9.86. The summed E-state index contributed by atoms with van der Waals surface area (Å²) in [5, 5.41) is 6.94. The fraction of sp³-hybridized carbons (Fsp3) is 0.360. The lowest BCUT2D eigenvalue weighted by Crippen LogP contribution is -2.39. The zero-order valence-electron chi connectivity index (χ0n) is 19.5. The standard InChI is InChI=1S/C25H22F5N5O2/c26-17-6-5-15(20(21(17)27)25(28,29)30)14-7-10-34(11-8-14)24(37)22-16-12-35(13-19(16)32-33-22)23(36)18-4-2-1-3-9-31-18/h1,3-6,9,14H,2,7-8,10-13H2,(H,32,33). The Morgan fingerprint density at radius 3 is 2.51 bits per heavy atom. The Balaban J connectivity index is 1.27. The number of allylic oxidation sites excluding steroid dienone is 3. The van der Waals surface area contributed by atoms with Gasteiger partial charge in [-0.3, -0.25) is 19.7 Å². The number of carbonyl (C=O) groups excluding carboxylic acids is 2. The van der Waals surface area contributed by atoms with Gasteiger partial charge in [0.05, 0.1) is 24.3 Å². The summed E-state index contributed by atoms with van der Waals surface area (Å²) in [6.07, 6.45) is 2.73. The van der Waals surface area contributed by atoms with Gasteiger partial charge >= 0.3 is 6.18 Å². The minimum Gasteiger partial charge on any atom is -0.337 e. The highest BCUT2D eigenvalue weighted by atomic mass is 19.4. The molecule has 0 bridgehead atoms. The fourth-order valence-electron chi connectivity index (χ4n) is 5.00. The van der Waals surface area contributed by atoms with E-state index in [0.717, 1.165) is 6.07 Å². The SMILES string of the molecule is O=C(C1=CCC=CC=N1)N1Cc2[nH]nc(C(=O)N3CCC(c4ccc(F)c(F)c4C(F)(F)F)CC3)c2C1. The van der Waals surface area contributed by atoms with Crippen molar-refractivity contribution < 1.29 is 31.5 Å². The third kappa shape index (κ3) is 4.67. The number of aliphatic imine (C=N–C) groups is 1. The Morgan fingerprint density at radius 1 is 1.03 bits per heavy atom. The number of likely N-dealkylation sites (tertiary alicyclic amines) is 1. The molecule has 2 amide bonds. The second-order valence-corrected chi connectivity index (χ2v) is 9.11. The lowest BCUT2D eigenvalue weighted by molar-refractivity contribution is -0.141. The molecule has 1 N–H and O–H groups in total. The number of carbonyl (C=O) groups is 2. The number of nitrogens with one attached hydrogen (secondary N) is 1. The van der Waals surface area contributed by atoms with Crippen LogP contribution in [0.4, 0.5) is 22.0 Å². The molecule has 0 unspecified atom stereocenters. The van der Waals surface area contributed by atoms with E-state index in [4.69, 9.17) is 0 Å². The second-order valence-electron chi connectivity index (χ2n) is 9.11. The number of rotatable bonds is 3. The van der Waals surface area contributed by atoms with Gasteiger partial charge in [0.15, 0.2) is 17.3 Å². The molecule has 37 heavy (non-hydrogen) atoms. The summed E-state index contributed by atoms with van der Waals surface area (Å²) in [7, 11) is 0. The van der Waals surface area contributed by atoms with E-state index in [0.29, 0.717) is 29.4 Å². The molecule has 2 aromatic rings. The van der Waals surface area contributed by atoms with E-state index in [1.807, 2.05) is 6.08 Å². The van der Waals surface area contributed by atoms with E-state index < -0.39 is 35.2 Å². The molecule has 7 nitrogen and oxygen atoms in total. The summed E-state index contributed by atoms with van der Waals surface area (Å²) >= 11 is 0. The summed E-state index contributed by atoms with van der Waals surface area (Å²) in [4.78, 5) is 33.3. The van der Waals surface area contributed by atoms with E-state index >= 15 is 0 Å². The number of piperidine rings is 1. The predicted octanol–water partition coefficient (Wildman–Crippen LogP) is 4.48. The Bertz CT molecular complexity index is 1340. The third-order valence-corrected chi connectivity index (χ3v) is 6.88. The van der Waals surface area contributed by atoms with Gasteiger partial charge in [-0.05, 0) is 49.0 Å². The Kier molecular flexibility index (Phi) is 6.42. The molecule has 0 saturated carbocycles. The number of nitrogens with zero attached hydrogens (tertiary/aromatic N) is 4. The number of alkyl halides is 3. The summed E-state index contributed by atoms with van der Waals surface area (Å²) in [6.45, 7) is 0.663. The number of halogens is 5. The molecular weight excluding hydrogens is 497 g/mol. The molecule has 0 atom stereocenters. The molecule has 194 valence electrons. The third-order valence-electron chi connectivity index (χ3n) is 6.88. The topological polar surface area (TPSA) is 81.7 Å². The molecule has 3 aliphatic heterocycles. The highest BCUT2D eigenvalue weighted by molar-refractivity contribution is 5.97. The second kappa shape index (κ2) is 9.56. The molecule has 1 aromatic heterocycles. The van der Waals surface area contributed by atoms with Crippen molar-refractivity contribution in [1.82, 2.24) is 20.0 Å². The van der Waals surface area contributed by atoms with E-state index in [1.54, 1.807) is 23.3 Å². The Labute approximate surface area is 208 Å². The molecule has 1 saturated heterocycles. The van der Waals surface area contributed by atoms with Gasteiger partial charge in [-0.2, -0.15) is 18.3 Å². The van der Waals surface area contributed by atoms with E-state index in [-0.39, 0.29) is 56.2 Å². The maximum absolute atomic E-state index is 14.0. The molecule has 12 heteroatoms. The number of aromatic nitrogens is 2. The zero-order chi connectivity index (χ0) is 26.3.